The fourth-order valence-electron chi connectivity index (χ4n) is 1.59. The van der Waals surface area contributed by atoms with E-state index in [1.54, 1.807) is 6.07 Å². The van der Waals surface area contributed by atoms with Crippen LogP contribution in [-0.2, 0) is 10.0 Å². The number of aryl methyl sites for hydroxylation is 1. The van der Waals surface area contributed by atoms with Crippen LogP contribution in [0, 0.1) is 6.92 Å². The summed E-state index contributed by atoms with van der Waals surface area (Å²) < 4.78 is 28.1. The van der Waals surface area contributed by atoms with Crippen molar-refractivity contribution in [3.63, 3.8) is 0 Å². The van der Waals surface area contributed by atoms with Gasteiger partial charge in [-0.05, 0) is 36.8 Å². The monoisotopic (exact) mass is 278 g/mol. The maximum Gasteiger partial charge on any atom is 0.238 e. The third-order valence-electron chi connectivity index (χ3n) is 2.53. The molecule has 0 bridgehead atoms. The van der Waals surface area contributed by atoms with Gasteiger partial charge in [-0.2, -0.15) is 0 Å². The van der Waals surface area contributed by atoms with Gasteiger partial charge in [-0.15, -0.1) is 0 Å². The molecular formula is C13H14N2O3S. The molecule has 0 aliphatic heterocycles. The number of anilines is 1. The maximum absolute atomic E-state index is 11.3. The van der Waals surface area contributed by atoms with Crippen molar-refractivity contribution in [3.8, 4) is 11.5 Å². The summed E-state index contributed by atoms with van der Waals surface area (Å²) in [5.74, 6) is 0.843. The van der Waals surface area contributed by atoms with Crippen LogP contribution in [0.3, 0.4) is 0 Å². The molecule has 0 saturated heterocycles. The van der Waals surface area contributed by atoms with Gasteiger partial charge in [0, 0.05) is 6.07 Å². The highest BCUT2D eigenvalue weighted by molar-refractivity contribution is 7.89. The standard InChI is InChI=1S/C13H14N2O3S/c1-9-3-2-4-10(7-9)18-13-8-11(19(15,16)17)5-6-12(13)14/h2-8H,14H2,1H3,(H2,15,16,17). The van der Waals surface area contributed by atoms with Gasteiger partial charge in [-0.1, -0.05) is 12.1 Å². The molecule has 2 aromatic rings. The first-order valence-electron chi connectivity index (χ1n) is 5.53. The first-order valence-corrected chi connectivity index (χ1v) is 7.08. The number of primary sulfonamides is 1. The molecule has 0 fully saturated rings. The Hall–Kier alpha value is -2.05. The predicted octanol–water partition coefficient (Wildman–Crippen LogP) is 2.02. The van der Waals surface area contributed by atoms with Crippen LogP contribution in [0.25, 0.3) is 0 Å². The normalized spacial score (nSPS) is 11.3. The van der Waals surface area contributed by atoms with E-state index in [4.69, 9.17) is 15.6 Å². The highest BCUT2D eigenvalue weighted by atomic mass is 32.2. The molecule has 0 radical (unpaired) electrons. The van der Waals surface area contributed by atoms with E-state index < -0.39 is 10.0 Å². The van der Waals surface area contributed by atoms with Gasteiger partial charge in [-0.3, -0.25) is 0 Å². The van der Waals surface area contributed by atoms with Crippen LogP contribution in [0.15, 0.2) is 47.4 Å². The first-order chi connectivity index (χ1) is 8.86. The molecule has 0 aromatic heterocycles. The van der Waals surface area contributed by atoms with Gasteiger partial charge in [0.2, 0.25) is 10.0 Å². The number of rotatable bonds is 3. The van der Waals surface area contributed by atoms with E-state index >= 15 is 0 Å². The number of nitrogen functional groups attached to an aromatic ring is 1. The summed E-state index contributed by atoms with van der Waals surface area (Å²) in [6.07, 6.45) is 0. The highest BCUT2D eigenvalue weighted by Gasteiger charge is 2.11. The van der Waals surface area contributed by atoms with E-state index in [0.717, 1.165) is 5.56 Å². The lowest BCUT2D eigenvalue weighted by molar-refractivity contribution is 0.483. The molecule has 0 amide bonds. The van der Waals surface area contributed by atoms with Crippen LogP contribution >= 0.6 is 0 Å². The smallest absolute Gasteiger partial charge is 0.238 e. The van der Waals surface area contributed by atoms with Gasteiger partial charge in [0.05, 0.1) is 10.6 Å². The van der Waals surface area contributed by atoms with Crippen LogP contribution in [-0.4, -0.2) is 8.42 Å². The van der Waals surface area contributed by atoms with E-state index in [1.807, 2.05) is 25.1 Å². The summed E-state index contributed by atoms with van der Waals surface area (Å²) >= 11 is 0. The first kappa shape index (κ1) is 13.4. The third-order valence-corrected chi connectivity index (χ3v) is 3.44. The van der Waals surface area contributed by atoms with Crippen molar-refractivity contribution < 1.29 is 13.2 Å². The number of hydrogen-bond acceptors (Lipinski definition) is 4. The Labute approximate surface area is 111 Å². The van der Waals surface area contributed by atoms with E-state index in [-0.39, 0.29) is 10.6 Å². The Balaban J connectivity index is 2.40. The zero-order valence-electron chi connectivity index (χ0n) is 10.3. The fraction of sp³-hybridized carbons (Fsp3) is 0.0769. The summed E-state index contributed by atoms with van der Waals surface area (Å²) in [5, 5.41) is 5.07. The molecule has 2 rings (SSSR count). The number of ether oxygens (including phenoxy) is 1. The summed E-state index contributed by atoms with van der Waals surface area (Å²) in [6, 6.07) is 11.5. The van der Waals surface area contributed by atoms with Crippen molar-refractivity contribution in [2.45, 2.75) is 11.8 Å². The summed E-state index contributed by atoms with van der Waals surface area (Å²) in [5.41, 5.74) is 7.13. The summed E-state index contributed by atoms with van der Waals surface area (Å²) in [7, 11) is -3.78. The lowest BCUT2D eigenvalue weighted by Crippen LogP contribution is -2.12. The van der Waals surface area contributed by atoms with Crippen molar-refractivity contribution in [1.29, 1.82) is 0 Å². The van der Waals surface area contributed by atoms with Gasteiger partial charge in [-0.25, -0.2) is 13.6 Å². The van der Waals surface area contributed by atoms with Crippen molar-refractivity contribution in [2.75, 3.05) is 5.73 Å². The lowest BCUT2D eigenvalue weighted by Gasteiger charge is -2.10. The van der Waals surface area contributed by atoms with Gasteiger partial charge in [0.15, 0.2) is 5.75 Å². The maximum atomic E-state index is 11.3. The number of sulfonamides is 1. The molecule has 0 saturated carbocycles. The highest BCUT2D eigenvalue weighted by Crippen LogP contribution is 2.29. The van der Waals surface area contributed by atoms with Crippen LogP contribution in [0.5, 0.6) is 11.5 Å². The van der Waals surface area contributed by atoms with E-state index in [9.17, 15) is 8.42 Å². The van der Waals surface area contributed by atoms with Crippen LogP contribution in [0.4, 0.5) is 5.69 Å². The summed E-state index contributed by atoms with van der Waals surface area (Å²) in [4.78, 5) is -0.0376. The van der Waals surface area contributed by atoms with Crippen molar-refractivity contribution in [2.24, 2.45) is 5.14 Å². The van der Waals surface area contributed by atoms with Gasteiger partial charge in [0.25, 0.3) is 0 Å². The van der Waals surface area contributed by atoms with E-state index in [0.29, 0.717) is 11.4 Å². The number of benzene rings is 2. The second kappa shape index (κ2) is 4.91. The quantitative estimate of drug-likeness (QED) is 0.839. The molecule has 0 aliphatic rings. The Bertz CT molecular complexity index is 712. The molecular weight excluding hydrogens is 264 g/mol. The van der Waals surface area contributed by atoms with Crippen LogP contribution < -0.4 is 15.6 Å². The van der Waals surface area contributed by atoms with Gasteiger partial charge in [0.1, 0.15) is 5.75 Å². The zero-order valence-corrected chi connectivity index (χ0v) is 11.1. The molecule has 19 heavy (non-hydrogen) atoms. The third kappa shape index (κ3) is 3.24. The lowest BCUT2D eigenvalue weighted by atomic mass is 10.2. The van der Waals surface area contributed by atoms with E-state index in [2.05, 4.69) is 0 Å². The predicted molar refractivity (Wildman–Crippen MR) is 73.5 cm³/mol. The number of nitrogens with two attached hydrogens (primary N) is 2. The minimum atomic E-state index is -3.78. The van der Waals surface area contributed by atoms with Crippen LogP contribution in [0.2, 0.25) is 0 Å². The van der Waals surface area contributed by atoms with E-state index in [1.165, 1.54) is 18.2 Å². The second-order valence-electron chi connectivity index (χ2n) is 4.16. The molecule has 0 heterocycles. The number of hydrogen-bond donors (Lipinski definition) is 2. The van der Waals surface area contributed by atoms with Crippen molar-refractivity contribution in [1.82, 2.24) is 0 Å². The second-order valence-corrected chi connectivity index (χ2v) is 5.72. The molecule has 0 spiro atoms. The van der Waals surface area contributed by atoms with Crippen molar-refractivity contribution >= 4 is 15.7 Å². The molecule has 0 aliphatic carbocycles. The largest absolute Gasteiger partial charge is 0.455 e. The summed E-state index contributed by atoms with van der Waals surface area (Å²) in [6.45, 7) is 1.93. The fourth-order valence-corrected chi connectivity index (χ4v) is 2.11. The molecule has 6 heteroatoms. The minimum absolute atomic E-state index is 0.0376. The Morgan fingerprint density at radius 2 is 1.84 bits per heavy atom. The Morgan fingerprint density at radius 1 is 1.11 bits per heavy atom. The molecule has 0 unspecified atom stereocenters. The molecule has 5 nitrogen and oxygen atoms in total. The van der Waals surface area contributed by atoms with Gasteiger partial charge >= 0.3 is 0 Å². The molecule has 2 aromatic carbocycles. The average molecular weight is 278 g/mol. The molecule has 4 N–H and O–H groups in total. The molecule has 0 atom stereocenters. The Morgan fingerprint density at radius 3 is 2.47 bits per heavy atom. The van der Waals surface area contributed by atoms with Crippen LogP contribution in [0.1, 0.15) is 5.56 Å². The Kier molecular flexibility index (Phi) is 3.46. The van der Waals surface area contributed by atoms with Crippen molar-refractivity contribution in [3.05, 3.63) is 48.0 Å². The SMILES string of the molecule is Cc1cccc(Oc2cc(S(N)(=O)=O)ccc2N)c1. The minimum Gasteiger partial charge on any atom is -0.455 e. The van der Waals surface area contributed by atoms with Gasteiger partial charge < -0.3 is 10.5 Å². The topological polar surface area (TPSA) is 95.4 Å². The zero-order chi connectivity index (χ0) is 14.0. The molecule has 100 valence electrons. The average Bonchev–Trinajstić information content (AvgIpc) is 2.30.